The van der Waals surface area contributed by atoms with Crippen LogP contribution in [0.1, 0.15) is 45.1 Å². The van der Waals surface area contributed by atoms with Crippen LogP contribution >= 0.6 is 11.8 Å². The first-order valence-corrected chi connectivity index (χ1v) is 12.2. The molecule has 2 aliphatic rings. The molecule has 8 heteroatoms. The molecule has 31 heavy (non-hydrogen) atoms. The van der Waals surface area contributed by atoms with Crippen molar-refractivity contribution < 1.29 is 23.9 Å². The van der Waals surface area contributed by atoms with Gasteiger partial charge in [0.25, 0.3) is 0 Å². The van der Waals surface area contributed by atoms with Crippen LogP contribution in [-0.4, -0.2) is 65.2 Å². The lowest BCUT2D eigenvalue weighted by Crippen LogP contribution is -2.55. The minimum atomic E-state index is -0.582. The number of amides is 1. The fourth-order valence-corrected chi connectivity index (χ4v) is 5.61. The van der Waals surface area contributed by atoms with Gasteiger partial charge in [0.2, 0.25) is 5.91 Å². The Morgan fingerprint density at radius 2 is 1.90 bits per heavy atom. The van der Waals surface area contributed by atoms with Crippen LogP contribution in [0.5, 0.6) is 0 Å². The highest BCUT2D eigenvalue weighted by molar-refractivity contribution is 8.00. The summed E-state index contributed by atoms with van der Waals surface area (Å²) in [5.74, 6) is -0.265. The summed E-state index contributed by atoms with van der Waals surface area (Å²) >= 11 is 1.63. The Kier molecular flexibility index (Phi) is 8.78. The number of hydrogen-bond acceptors (Lipinski definition) is 7. The lowest BCUT2D eigenvalue weighted by molar-refractivity contribution is -0.154. The second kappa shape index (κ2) is 11.5. The van der Waals surface area contributed by atoms with Crippen LogP contribution in [0.3, 0.4) is 0 Å². The molecule has 2 fully saturated rings. The number of thioether (sulfide) groups is 1. The van der Waals surface area contributed by atoms with Gasteiger partial charge in [0, 0.05) is 5.75 Å². The number of esters is 2. The van der Waals surface area contributed by atoms with Crippen molar-refractivity contribution >= 4 is 29.6 Å². The Morgan fingerprint density at radius 1 is 1.16 bits per heavy atom. The van der Waals surface area contributed by atoms with Gasteiger partial charge in [-0.05, 0) is 51.5 Å². The Balaban J connectivity index is 1.72. The molecule has 0 radical (unpaired) electrons. The van der Waals surface area contributed by atoms with Gasteiger partial charge in [0.15, 0.2) is 0 Å². The molecule has 2 heterocycles. The van der Waals surface area contributed by atoms with Crippen LogP contribution in [0, 0.1) is 0 Å². The zero-order valence-corrected chi connectivity index (χ0v) is 19.1. The number of nitrogens with zero attached hydrogens (tertiary/aromatic N) is 1. The molecule has 0 aliphatic carbocycles. The normalized spacial score (nSPS) is 24.3. The molecular formula is C23H32N2O5S. The topological polar surface area (TPSA) is 84.9 Å². The van der Waals surface area contributed by atoms with Crippen LogP contribution in [0.2, 0.25) is 0 Å². The molecule has 1 unspecified atom stereocenters. The van der Waals surface area contributed by atoms with E-state index >= 15 is 0 Å². The van der Waals surface area contributed by atoms with E-state index in [0.717, 1.165) is 18.4 Å². The molecule has 1 amide bonds. The van der Waals surface area contributed by atoms with E-state index in [1.807, 2.05) is 30.3 Å². The highest BCUT2D eigenvalue weighted by atomic mass is 32.2. The lowest BCUT2D eigenvalue weighted by Gasteiger charge is -2.30. The lowest BCUT2D eigenvalue weighted by atomic mass is 10.0. The summed E-state index contributed by atoms with van der Waals surface area (Å²) < 4.78 is 10.5. The van der Waals surface area contributed by atoms with E-state index in [1.54, 1.807) is 30.5 Å². The van der Waals surface area contributed by atoms with Crippen LogP contribution in [0.4, 0.5) is 0 Å². The summed E-state index contributed by atoms with van der Waals surface area (Å²) in [5, 5.41) is 3.26. The Bertz CT molecular complexity index is 760. The number of aryl methyl sites for hydroxylation is 1. The zero-order chi connectivity index (χ0) is 22.2. The van der Waals surface area contributed by atoms with E-state index in [2.05, 4.69) is 5.32 Å². The third-order valence-electron chi connectivity index (χ3n) is 5.69. The molecule has 1 aromatic rings. The van der Waals surface area contributed by atoms with Crippen molar-refractivity contribution in [3.05, 3.63) is 35.9 Å². The Morgan fingerprint density at radius 3 is 2.61 bits per heavy atom. The van der Waals surface area contributed by atoms with Gasteiger partial charge in [0.05, 0.1) is 24.6 Å². The number of rotatable bonds is 9. The summed E-state index contributed by atoms with van der Waals surface area (Å²) in [6.45, 7) is 4.12. The number of ether oxygens (including phenoxy) is 2. The molecule has 170 valence electrons. The fourth-order valence-electron chi connectivity index (χ4n) is 4.17. The summed E-state index contributed by atoms with van der Waals surface area (Å²) in [6.07, 6.45) is 3.54. The average Bonchev–Trinajstić information content (AvgIpc) is 3.13. The SMILES string of the molecule is CCOC(=O)C(CCc1ccccc1)N[C@@H]1CCC[C@@H]2SC[C@H](C(=O)OCC)N2C1=O. The highest BCUT2D eigenvalue weighted by Gasteiger charge is 2.46. The maximum atomic E-state index is 13.4. The molecule has 0 bridgehead atoms. The van der Waals surface area contributed by atoms with Crippen molar-refractivity contribution in [3.8, 4) is 0 Å². The van der Waals surface area contributed by atoms with E-state index in [4.69, 9.17) is 9.47 Å². The molecule has 2 aliphatic heterocycles. The second-order valence-electron chi connectivity index (χ2n) is 7.78. The van der Waals surface area contributed by atoms with Crippen LogP contribution < -0.4 is 5.32 Å². The number of benzene rings is 1. The van der Waals surface area contributed by atoms with Gasteiger partial charge >= 0.3 is 11.9 Å². The third-order valence-corrected chi connectivity index (χ3v) is 7.04. The summed E-state index contributed by atoms with van der Waals surface area (Å²) in [7, 11) is 0. The summed E-state index contributed by atoms with van der Waals surface area (Å²) in [6, 6.07) is 8.28. The van der Waals surface area contributed by atoms with Gasteiger partial charge in [-0.1, -0.05) is 30.3 Å². The molecule has 2 saturated heterocycles. The van der Waals surface area contributed by atoms with Crippen molar-refractivity contribution in [1.82, 2.24) is 10.2 Å². The van der Waals surface area contributed by atoms with E-state index in [1.165, 1.54) is 0 Å². The first-order chi connectivity index (χ1) is 15.0. The number of fused-ring (bicyclic) bond motifs is 1. The van der Waals surface area contributed by atoms with Crippen molar-refractivity contribution in [3.63, 3.8) is 0 Å². The van der Waals surface area contributed by atoms with Crippen molar-refractivity contribution in [2.24, 2.45) is 0 Å². The molecule has 0 aromatic heterocycles. The van der Waals surface area contributed by atoms with Gasteiger partial charge in [-0.25, -0.2) is 4.79 Å². The number of carbonyl (C=O) groups excluding carboxylic acids is 3. The van der Waals surface area contributed by atoms with E-state index < -0.39 is 18.1 Å². The van der Waals surface area contributed by atoms with Gasteiger partial charge in [-0.15, -0.1) is 11.8 Å². The molecule has 7 nitrogen and oxygen atoms in total. The minimum Gasteiger partial charge on any atom is -0.465 e. The number of carbonyl (C=O) groups is 3. The molecule has 4 atom stereocenters. The average molecular weight is 449 g/mol. The standard InChI is InChI=1S/C23H32N2O5S/c1-3-29-22(27)18(14-13-16-9-6-5-7-10-16)24-17-11-8-12-20-25(21(17)26)19(15-31-20)23(28)30-4-2/h5-7,9-10,17-20,24H,3-4,8,11-15H2,1-2H3/t17-,18?,19-,20+/m1/s1. The van der Waals surface area contributed by atoms with Gasteiger partial charge in [-0.2, -0.15) is 0 Å². The van der Waals surface area contributed by atoms with Crippen LogP contribution in [-0.2, 0) is 30.3 Å². The zero-order valence-electron chi connectivity index (χ0n) is 18.2. The predicted molar refractivity (Wildman–Crippen MR) is 119 cm³/mol. The van der Waals surface area contributed by atoms with E-state index in [9.17, 15) is 14.4 Å². The fraction of sp³-hybridized carbons (Fsp3) is 0.609. The molecule has 0 spiro atoms. The minimum absolute atomic E-state index is 0.0148. The summed E-state index contributed by atoms with van der Waals surface area (Å²) in [5.41, 5.74) is 1.13. The van der Waals surface area contributed by atoms with E-state index in [-0.39, 0.29) is 29.8 Å². The van der Waals surface area contributed by atoms with Crippen LogP contribution in [0.15, 0.2) is 30.3 Å². The van der Waals surface area contributed by atoms with Crippen LogP contribution in [0.25, 0.3) is 0 Å². The smallest absolute Gasteiger partial charge is 0.329 e. The molecule has 3 rings (SSSR count). The largest absolute Gasteiger partial charge is 0.465 e. The predicted octanol–water partition coefficient (Wildman–Crippen LogP) is 2.53. The van der Waals surface area contributed by atoms with Crippen molar-refractivity contribution in [2.45, 2.75) is 69.5 Å². The molecule has 0 saturated carbocycles. The first kappa shape index (κ1) is 23.6. The maximum Gasteiger partial charge on any atom is 0.329 e. The van der Waals surface area contributed by atoms with E-state index in [0.29, 0.717) is 31.6 Å². The van der Waals surface area contributed by atoms with Crippen molar-refractivity contribution in [2.75, 3.05) is 19.0 Å². The third kappa shape index (κ3) is 6.01. The second-order valence-corrected chi connectivity index (χ2v) is 8.99. The quantitative estimate of drug-likeness (QED) is 0.581. The summed E-state index contributed by atoms with van der Waals surface area (Å²) in [4.78, 5) is 40.2. The number of nitrogens with one attached hydrogen (secondary N) is 1. The van der Waals surface area contributed by atoms with Gasteiger partial charge in [0.1, 0.15) is 12.1 Å². The molecular weight excluding hydrogens is 416 g/mol. The molecule has 1 aromatic carbocycles. The van der Waals surface area contributed by atoms with Gasteiger partial charge < -0.3 is 14.4 Å². The number of hydrogen-bond donors (Lipinski definition) is 1. The first-order valence-electron chi connectivity index (χ1n) is 11.1. The molecule has 1 N–H and O–H groups in total. The van der Waals surface area contributed by atoms with Gasteiger partial charge in [-0.3, -0.25) is 14.9 Å². The van der Waals surface area contributed by atoms with Crippen molar-refractivity contribution in [1.29, 1.82) is 0 Å². The monoisotopic (exact) mass is 448 g/mol. The highest BCUT2D eigenvalue weighted by Crippen LogP contribution is 2.36. The Hall–Kier alpha value is -2.06. The maximum absolute atomic E-state index is 13.4. The Labute approximate surface area is 188 Å².